The van der Waals surface area contributed by atoms with Crippen LogP contribution in [-0.2, 0) is 13.5 Å². The van der Waals surface area contributed by atoms with Crippen molar-refractivity contribution in [3.8, 4) is 0 Å². The van der Waals surface area contributed by atoms with E-state index in [0.29, 0.717) is 0 Å². The Kier molecular flexibility index (Phi) is 4.38. The van der Waals surface area contributed by atoms with Gasteiger partial charge in [0, 0.05) is 19.4 Å². The number of aryl methyl sites for hydroxylation is 3. The highest BCUT2D eigenvalue weighted by Gasteiger charge is 2.15. The van der Waals surface area contributed by atoms with Crippen LogP contribution in [0.3, 0.4) is 0 Å². The van der Waals surface area contributed by atoms with Gasteiger partial charge in [0.2, 0.25) is 0 Å². The van der Waals surface area contributed by atoms with Gasteiger partial charge in [-0.05, 0) is 43.5 Å². The van der Waals surface area contributed by atoms with Crippen LogP contribution in [0, 0.1) is 13.8 Å². The van der Waals surface area contributed by atoms with E-state index in [1.165, 1.54) is 16.7 Å². The maximum atomic E-state index is 4.47. The minimum atomic E-state index is 0.270. The number of rotatable bonds is 5. The van der Waals surface area contributed by atoms with Crippen molar-refractivity contribution in [2.45, 2.75) is 33.2 Å². The van der Waals surface area contributed by atoms with Gasteiger partial charge < -0.3 is 9.88 Å². The van der Waals surface area contributed by atoms with E-state index in [1.807, 2.05) is 19.4 Å². The molecule has 0 aliphatic carbocycles. The molecule has 19 heavy (non-hydrogen) atoms. The smallest absolute Gasteiger partial charge is 0.125 e. The summed E-state index contributed by atoms with van der Waals surface area (Å²) in [6.07, 6.45) is 4.83. The van der Waals surface area contributed by atoms with E-state index in [-0.39, 0.29) is 6.04 Å². The molecule has 1 atom stereocenters. The lowest BCUT2D eigenvalue weighted by Crippen LogP contribution is -2.25. The van der Waals surface area contributed by atoms with Crippen molar-refractivity contribution in [3.05, 3.63) is 53.1 Å². The molecule has 0 amide bonds. The SMILES string of the molecule is CCNC(Cc1ccc(C)c(C)c1)c1nccn1C. The third kappa shape index (κ3) is 3.24. The molecule has 2 aromatic rings. The molecular formula is C16H23N3. The van der Waals surface area contributed by atoms with E-state index in [9.17, 15) is 0 Å². The van der Waals surface area contributed by atoms with Crippen LogP contribution < -0.4 is 5.32 Å². The number of imidazole rings is 1. The quantitative estimate of drug-likeness (QED) is 0.892. The van der Waals surface area contributed by atoms with Crippen LogP contribution in [0.25, 0.3) is 0 Å². The van der Waals surface area contributed by atoms with Crippen molar-refractivity contribution in [2.75, 3.05) is 6.54 Å². The summed E-state index contributed by atoms with van der Waals surface area (Å²) in [7, 11) is 2.05. The normalized spacial score (nSPS) is 12.6. The largest absolute Gasteiger partial charge is 0.337 e. The Morgan fingerprint density at radius 3 is 2.63 bits per heavy atom. The van der Waals surface area contributed by atoms with Crippen LogP contribution in [0.5, 0.6) is 0 Å². The van der Waals surface area contributed by atoms with Crippen molar-refractivity contribution in [2.24, 2.45) is 7.05 Å². The monoisotopic (exact) mass is 257 g/mol. The van der Waals surface area contributed by atoms with Gasteiger partial charge in [-0.25, -0.2) is 4.98 Å². The number of hydrogen-bond donors (Lipinski definition) is 1. The molecule has 2 rings (SSSR count). The fourth-order valence-corrected chi connectivity index (χ4v) is 2.38. The van der Waals surface area contributed by atoms with E-state index in [1.54, 1.807) is 0 Å². The zero-order chi connectivity index (χ0) is 13.8. The number of aromatic nitrogens is 2. The van der Waals surface area contributed by atoms with E-state index in [4.69, 9.17) is 0 Å². The van der Waals surface area contributed by atoms with Crippen molar-refractivity contribution >= 4 is 0 Å². The summed E-state index contributed by atoms with van der Waals surface area (Å²) >= 11 is 0. The molecule has 1 unspecified atom stereocenters. The number of nitrogens with zero attached hydrogens (tertiary/aromatic N) is 2. The first kappa shape index (κ1) is 13.8. The van der Waals surface area contributed by atoms with Crippen LogP contribution >= 0.6 is 0 Å². The average Bonchev–Trinajstić information content (AvgIpc) is 2.79. The predicted molar refractivity (Wildman–Crippen MR) is 79.2 cm³/mol. The van der Waals surface area contributed by atoms with Crippen LogP contribution in [0.4, 0.5) is 0 Å². The first-order valence-corrected chi connectivity index (χ1v) is 6.88. The van der Waals surface area contributed by atoms with Gasteiger partial charge in [0.15, 0.2) is 0 Å². The molecule has 0 saturated carbocycles. The van der Waals surface area contributed by atoms with Gasteiger partial charge in [-0.3, -0.25) is 0 Å². The number of nitrogens with one attached hydrogen (secondary N) is 1. The first-order chi connectivity index (χ1) is 9.11. The lowest BCUT2D eigenvalue weighted by molar-refractivity contribution is 0.506. The zero-order valence-corrected chi connectivity index (χ0v) is 12.3. The second kappa shape index (κ2) is 6.02. The maximum absolute atomic E-state index is 4.47. The minimum Gasteiger partial charge on any atom is -0.337 e. The Morgan fingerprint density at radius 2 is 2.05 bits per heavy atom. The van der Waals surface area contributed by atoms with E-state index in [2.05, 4.69) is 53.8 Å². The van der Waals surface area contributed by atoms with Crippen molar-refractivity contribution in [1.82, 2.24) is 14.9 Å². The van der Waals surface area contributed by atoms with Crippen molar-refractivity contribution < 1.29 is 0 Å². The topological polar surface area (TPSA) is 29.9 Å². The average molecular weight is 257 g/mol. The Morgan fingerprint density at radius 1 is 1.26 bits per heavy atom. The molecule has 102 valence electrons. The van der Waals surface area contributed by atoms with Gasteiger partial charge in [-0.2, -0.15) is 0 Å². The van der Waals surface area contributed by atoms with Gasteiger partial charge in [-0.1, -0.05) is 25.1 Å². The summed E-state index contributed by atoms with van der Waals surface area (Å²) in [6.45, 7) is 7.40. The molecule has 3 nitrogen and oxygen atoms in total. The van der Waals surface area contributed by atoms with Crippen molar-refractivity contribution in [1.29, 1.82) is 0 Å². The fraction of sp³-hybridized carbons (Fsp3) is 0.438. The number of hydrogen-bond acceptors (Lipinski definition) is 2. The lowest BCUT2D eigenvalue weighted by atomic mass is 10.0. The lowest BCUT2D eigenvalue weighted by Gasteiger charge is -2.18. The molecule has 1 aromatic carbocycles. The molecule has 1 heterocycles. The molecule has 3 heteroatoms. The standard InChI is InChI=1S/C16H23N3/c1-5-17-15(16-18-8-9-19(16)4)11-14-7-6-12(2)13(3)10-14/h6-10,15,17H,5,11H2,1-4H3. The Bertz CT molecular complexity index is 543. The highest BCUT2D eigenvalue weighted by atomic mass is 15.1. The van der Waals surface area contributed by atoms with E-state index >= 15 is 0 Å². The second-order valence-corrected chi connectivity index (χ2v) is 5.13. The molecule has 0 aliphatic rings. The maximum Gasteiger partial charge on any atom is 0.125 e. The van der Waals surface area contributed by atoms with Crippen LogP contribution in [0.2, 0.25) is 0 Å². The highest BCUT2D eigenvalue weighted by molar-refractivity contribution is 5.30. The summed E-state index contributed by atoms with van der Waals surface area (Å²) in [4.78, 5) is 4.47. The molecule has 0 saturated heterocycles. The summed E-state index contributed by atoms with van der Waals surface area (Å²) in [5.41, 5.74) is 4.06. The van der Waals surface area contributed by atoms with Crippen LogP contribution in [-0.4, -0.2) is 16.1 Å². The Balaban J connectivity index is 2.21. The van der Waals surface area contributed by atoms with E-state index in [0.717, 1.165) is 18.8 Å². The number of likely N-dealkylation sites (N-methyl/N-ethyl adjacent to an activating group) is 1. The fourth-order valence-electron chi connectivity index (χ4n) is 2.38. The minimum absolute atomic E-state index is 0.270. The summed E-state index contributed by atoms with van der Waals surface area (Å²) in [6, 6.07) is 6.97. The Labute approximate surface area is 115 Å². The van der Waals surface area contributed by atoms with Gasteiger partial charge in [0.05, 0.1) is 6.04 Å². The molecule has 0 aliphatic heterocycles. The third-order valence-electron chi connectivity index (χ3n) is 3.63. The van der Waals surface area contributed by atoms with Gasteiger partial charge >= 0.3 is 0 Å². The van der Waals surface area contributed by atoms with Crippen molar-refractivity contribution in [3.63, 3.8) is 0 Å². The summed E-state index contributed by atoms with van der Waals surface area (Å²) in [5, 5.41) is 3.53. The molecule has 1 N–H and O–H groups in total. The van der Waals surface area contributed by atoms with Gasteiger partial charge in [0.1, 0.15) is 5.82 Å². The molecule has 0 fully saturated rings. The third-order valence-corrected chi connectivity index (χ3v) is 3.63. The first-order valence-electron chi connectivity index (χ1n) is 6.88. The molecule has 1 aromatic heterocycles. The van der Waals surface area contributed by atoms with Crippen LogP contribution in [0.15, 0.2) is 30.6 Å². The molecular weight excluding hydrogens is 234 g/mol. The molecule has 0 bridgehead atoms. The van der Waals surface area contributed by atoms with Gasteiger partial charge in [0.25, 0.3) is 0 Å². The molecule has 0 spiro atoms. The van der Waals surface area contributed by atoms with Crippen LogP contribution in [0.1, 0.15) is 35.5 Å². The van der Waals surface area contributed by atoms with Gasteiger partial charge in [-0.15, -0.1) is 0 Å². The Hall–Kier alpha value is -1.61. The number of benzene rings is 1. The van der Waals surface area contributed by atoms with E-state index < -0.39 is 0 Å². The second-order valence-electron chi connectivity index (χ2n) is 5.13. The highest BCUT2D eigenvalue weighted by Crippen LogP contribution is 2.18. The summed E-state index contributed by atoms with van der Waals surface area (Å²) in [5.74, 6) is 1.10. The summed E-state index contributed by atoms with van der Waals surface area (Å²) < 4.78 is 2.09. The zero-order valence-electron chi connectivity index (χ0n) is 12.3. The predicted octanol–water partition coefficient (Wildman–Crippen LogP) is 2.93. The molecule has 0 radical (unpaired) electrons.